The first-order valence-corrected chi connectivity index (χ1v) is 8.48. The van der Waals surface area contributed by atoms with Gasteiger partial charge in [-0.1, -0.05) is 16.8 Å². The molecule has 6 nitrogen and oxygen atoms in total. The minimum atomic E-state index is -0.925. The molecule has 140 valence electrons. The van der Waals surface area contributed by atoms with E-state index in [-0.39, 0.29) is 23.8 Å². The normalized spacial score (nSPS) is 19.3. The molecule has 0 saturated carbocycles. The molecule has 1 amide bonds. The lowest BCUT2D eigenvalue weighted by Crippen LogP contribution is -2.33. The number of nitrogens with zero attached hydrogens (tertiary/aromatic N) is 1. The van der Waals surface area contributed by atoms with Gasteiger partial charge in [-0.15, -0.1) is 0 Å². The number of fused-ring (bicyclic) bond motifs is 1. The van der Waals surface area contributed by atoms with Crippen molar-refractivity contribution < 1.29 is 22.8 Å². The van der Waals surface area contributed by atoms with E-state index in [1.807, 2.05) is 0 Å². The molecule has 9 heteroatoms. The van der Waals surface area contributed by atoms with Gasteiger partial charge < -0.3 is 19.9 Å². The highest BCUT2D eigenvalue weighted by Crippen LogP contribution is 2.34. The van der Waals surface area contributed by atoms with Crippen molar-refractivity contribution >= 4 is 34.3 Å². The molecule has 27 heavy (non-hydrogen) atoms. The van der Waals surface area contributed by atoms with E-state index in [1.54, 1.807) is 18.2 Å². The van der Waals surface area contributed by atoms with Crippen molar-refractivity contribution in [1.82, 2.24) is 10.5 Å². The summed E-state index contributed by atoms with van der Waals surface area (Å²) >= 11 is 5.92. The summed E-state index contributed by atoms with van der Waals surface area (Å²) in [7, 11) is 1.32. The second kappa shape index (κ2) is 6.70. The van der Waals surface area contributed by atoms with Crippen LogP contribution in [0.2, 0.25) is 5.02 Å². The second-order valence-electron chi connectivity index (χ2n) is 6.15. The highest BCUT2D eigenvalue weighted by molar-refractivity contribution is 6.31. The van der Waals surface area contributed by atoms with Gasteiger partial charge in [-0.2, -0.15) is 0 Å². The maximum Gasteiger partial charge on any atom is 0.243 e. The number of carbonyl (C=O) groups excluding carboxylic acids is 1. The molecule has 4 rings (SSSR count). The largest absolute Gasteiger partial charge is 0.497 e. The molecule has 0 spiro atoms. The number of benzene rings is 2. The quantitative estimate of drug-likeness (QED) is 0.710. The van der Waals surface area contributed by atoms with Crippen LogP contribution in [0.25, 0.3) is 11.0 Å². The number of rotatable bonds is 4. The Hall–Kier alpha value is -2.87. The molecular weight excluding hydrogens is 380 g/mol. The lowest BCUT2D eigenvalue weighted by molar-refractivity contribution is -0.119. The van der Waals surface area contributed by atoms with E-state index in [2.05, 4.69) is 15.8 Å². The van der Waals surface area contributed by atoms with Crippen LogP contribution in [0.3, 0.4) is 0 Å². The average Bonchev–Trinajstić information content (AvgIpc) is 3.19. The predicted octanol–water partition coefficient (Wildman–Crippen LogP) is 3.46. The van der Waals surface area contributed by atoms with E-state index in [1.165, 1.54) is 7.11 Å². The summed E-state index contributed by atoms with van der Waals surface area (Å²) in [4.78, 5) is 12.3. The standard InChI is InChI=1S/C18H14ClF2N3O3/c1-26-9-5-12(20)15(13(21)6-9)11-7-22-18(25)16(11)23-17-10-3-2-8(19)4-14(10)27-24-17/h2-6,11,16H,7H2,1H3,(H,22,25)(H,23,24). The number of nitrogens with one attached hydrogen (secondary N) is 2. The zero-order chi connectivity index (χ0) is 19.1. The third-order valence-corrected chi connectivity index (χ3v) is 4.80. The highest BCUT2D eigenvalue weighted by atomic mass is 35.5. The summed E-state index contributed by atoms with van der Waals surface area (Å²) in [5, 5.41) is 10.5. The third-order valence-electron chi connectivity index (χ3n) is 4.57. The number of amides is 1. The van der Waals surface area contributed by atoms with Crippen LogP contribution in [-0.2, 0) is 4.79 Å². The Morgan fingerprint density at radius 1 is 1.30 bits per heavy atom. The van der Waals surface area contributed by atoms with Gasteiger partial charge in [-0.25, -0.2) is 8.78 Å². The average molecular weight is 394 g/mol. The molecule has 0 aliphatic carbocycles. The van der Waals surface area contributed by atoms with Crippen LogP contribution in [0.15, 0.2) is 34.9 Å². The van der Waals surface area contributed by atoms with Gasteiger partial charge in [0, 0.05) is 41.2 Å². The van der Waals surface area contributed by atoms with E-state index in [0.29, 0.717) is 21.8 Å². The number of hydrogen-bond donors (Lipinski definition) is 2. The molecule has 2 atom stereocenters. The van der Waals surface area contributed by atoms with Crippen molar-refractivity contribution in [3.8, 4) is 5.75 Å². The minimum Gasteiger partial charge on any atom is -0.497 e. The first-order chi connectivity index (χ1) is 13.0. The molecule has 2 aromatic carbocycles. The van der Waals surface area contributed by atoms with Crippen molar-refractivity contribution in [2.45, 2.75) is 12.0 Å². The van der Waals surface area contributed by atoms with Crippen molar-refractivity contribution in [2.24, 2.45) is 0 Å². The fraction of sp³-hybridized carbons (Fsp3) is 0.222. The monoisotopic (exact) mass is 393 g/mol. The Labute approximate surface area is 157 Å². The highest BCUT2D eigenvalue weighted by Gasteiger charge is 2.39. The molecule has 1 saturated heterocycles. The summed E-state index contributed by atoms with van der Waals surface area (Å²) in [6.07, 6.45) is 0. The fourth-order valence-corrected chi connectivity index (χ4v) is 3.41. The van der Waals surface area contributed by atoms with E-state index in [4.69, 9.17) is 20.9 Å². The summed E-state index contributed by atoms with van der Waals surface area (Å²) in [6, 6.07) is 6.18. The van der Waals surface area contributed by atoms with Crippen molar-refractivity contribution in [2.75, 3.05) is 19.0 Å². The van der Waals surface area contributed by atoms with Gasteiger partial charge >= 0.3 is 0 Å². The molecule has 2 N–H and O–H groups in total. The van der Waals surface area contributed by atoms with E-state index in [0.717, 1.165) is 12.1 Å². The number of ether oxygens (including phenoxy) is 1. The maximum absolute atomic E-state index is 14.5. The molecule has 1 aromatic heterocycles. The lowest BCUT2D eigenvalue weighted by Gasteiger charge is -2.20. The van der Waals surface area contributed by atoms with Crippen molar-refractivity contribution in [3.05, 3.63) is 52.6 Å². The van der Waals surface area contributed by atoms with Crippen LogP contribution in [0.1, 0.15) is 11.5 Å². The van der Waals surface area contributed by atoms with Crippen LogP contribution in [-0.4, -0.2) is 30.8 Å². The summed E-state index contributed by atoms with van der Waals surface area (Å²) in [5.41, 5.74) is 0.240. The van der Waals surface area contributed by atoms with Gasteiger partial charge in [-0.05, 0) is 12.1 Å². The Bertz CT molecular complexity index is 1020. The van der Waals surface area contributed by atoms with Crippen LogP contribution in [0.4, 0.5) is 14.6 Å². The number of halogens is 3. The van der Waals surface area contributed by atoms with Gasteiger partial charge in [-0.3, -0.25) is 4.79 Å². The molecule has 1 aliphatic heterocycles. The van der Waals surface area contributed by atoms with Crippen LogP contribution in [0, 0.1) is 11.6 Å². The number of aromatic nitrogens is 1. The smallest absolute Gasteiger partial charge is 0.243 e. The first kappa shape index (κ1) is 17.5. The number of carbonyl (C=O) groups is 1. The zero-order valence-electron chi connectivity index (χ0n) is 14.1. The minimum absolute atomic E-state index is 0.0647. The van der Waals surface area contributed by atoms with Gasteiger partial charge in [0.15, 0.2) is 11.4 Å². The van der Waals surface area contributed by atoms with Crippen LogP contribution in [0.5, 0.6) is 5.75 Å². The SMILES string of the molecule is COc1cc(F)c(C2CNC(=O)C2Nc2noc3cc(Cl)ccc23)c(F)c1. The molecule has 0 bridgehead atoms. The Kier molecular flexibility index (Phi) is 4.35. The third kappa shape index (κ3) is 3.06. The van der Waals surface area contributed by atoms with Crippen LogP contribution >= 0.6 is 11.6 Å². The van der Waals surface area contributed by atoms with Crippen molar-refractivity contribution in [3.63, 3.8) is 0 Å². The zero-order valence-corrected chi connectivity index (χ0v) is 14.8. The molecule has 2 unspecified atom stereocenters. The Morgan fingerprint density at radius 2 is 2.04 bits per heavy atom. The first-order valence-electron chi connectivity index (χ1n) is 8.10. The number of methoxy groups -OCH3 is 1. The molecular formula is C18H14ClF2N3O3. The molecule has 3 aromatic rings. The molecule has 1 fully saturated rings. The summed E-state index contributed by atoms with van der Waals surface area (Å²) in [5.74, 6) is -2.37. The molecule has 0 radical (unpaired) electrons. The van der Waals surface area contributed by atoms with Gasteiger partial charge in [0.25, 0.3) is 0 Å². The number of anilines is 1. The number of hydrogen-bond acceptors (Lipinski definition) is 5. The fourth-order valence-electron chi connectivity index (χ4n) is 3.25. The van der Waals surface area contributed by atoms with Gasteiger partial charge in [0.1, 0.15) is 23.4 Å². The van der Waals surface area contributed by atoms with E-state index >= 15 is 0 Å². The van der Waals surface area contributed by atoms with Gasteiger partial charge in [0.2, 0.25) is 5.91 Å². The van der Waals surface area contributed by atoms with E-state index in [9.17, 15) is 13.6 Å². The van der Waals surface area contributed by atoms with Gasteiger partial charge in [0.05, 0.1) is 12.5 Å². The van der Waals surface area contributed by atoms with E-state index < -0.39 is 23.6 Å². The second-order valence-corrected chi connectivity index (χ2v) is 6.59. The topological polar surface area (TPSA) is 76.4 Å². The Balaban J connectivity index is 1.70. The maximum atomic E-state index is 14.5. The molecule has 2 heterocycles. The lowest BCUT2D eigenvalue weighted by atomic mass is 9.92. The van der Waals surface area contributed by atoms with Crippen LogP contribution < -0.4 is 15.4 Å². The predicted molar refractivity (Wildman–Crippen MR) is 95.1 cm³/mol. The van der Waals surface area contributed by atoms with Crippen molar-refractivity contribution in [1.29, 1.82) is 0 Å². The molecule has 1 aliphatic rings. The Morgan fingerprint density at radius 3 is 2.74 bits per heavy atom. The summed E-state index contributed by atoms with van der Waals surface area (Å²) in [6.45, 7) is 0.0816. The summed E-state index contributed by atoms with van der Waals surface area (Å²) < 4.78 is 39.1.